The normalized spacial score (nSPS) is 23.6. The molecule has 0 saturated heterocycles. The minimum Gasteiger partial charge on any atom is -0.383 e. The quantitative estimate of drug-likeness (QED) is 0.735. The summed E-state index contributed by atoms with van der Waals surface area (Å²) in [6.45, 7) is 2.70. The van der Waals surface area contributed by atoms with E-state index < -0.39 is 5.54 Å². The lowest BCUT2D eigenvalue weighted by molar-refractivity contribution is -0.144. The van der Waals surface area contributed by atoms with Crippen LogP contribution < -0.4 is 5.32 Å². The Kier molecular flexibility index (Phi) is 5.88. The van der Waals surface area contributed by atoms with Crippen molar-refractivity contribution in [2.45, 2.75) is 63.6 Å². The number of methoxy groups -OCH3 is 1. The minimum absolute atomic E-state index is 0.0935. The Labute approximate surface area is 194 Å². The zero-order valence-electron chi connectivity index (χ0n) is 19.3. The van der Waals surface area contributed by atoms with Crippen LogP contribution in [0.1, 0.15) is 49.8 Å². The molecule has 5 rings (SSSR count). The fourth-order valence-corrected chi connectivity index (χ4v) is 5.72. The Hall–Kier alpha value is -2.85. The van der Waals surface area contributed by atoms with E-state index >= 15 is 0 Å². The molecule has 7 nitrogen and oxygen atoms in total. The molecular weight excluding hydrogens is 416 g/mol. The number of nitrogens with zero attached hydrogens (tertiary/aromatic N) is 3. The first-order chi connectivity index (χ1) is 16.1. The van der Waals surface area contributed by atoms with Crippen molar-refractivity contribution in [3.8, 4) is 6.07 Å². The van der Waals surface area contributed by atoms with Crippen LogP contribution in [0.25, 0.3) is 10.9 Å². The van der Waals surface area contributed by atoms with Crippen molar-refractivity contribution in [2.24, 2.45) is 11.8 Å². The molecule has 174 valence electrons. The molecule has 33 heavy (non-hydrogen) atoms. The molecule has 3 aliphatic rings. The average Bonchev–Trinajstić information content (AvgIpc) is 3.56. The Morgan fingerprint density at radius 2 is 1.97 bits per heavy atom. The van der Waals surface area contributed by atoms with Gasteiger partial charge in [-0.25, -0.2) is 0 Å². The first-order valence-corrected chi connectivity index (χ1v) is 12.2. The smallest absolute Gasteiger partial charge is 0.226 e. The van der Waals surface area contributed by atoms with Crippen LogP contribution in [0.15, 0.2) is 24.3 Å². The van der Waals surface area contributed by atoms with Crippen LogP contribution in [0.5, 0.6) is 0 Å². The van der Waals surface area contributed by atoms with E-state index in [-0.39, 0.29) is 23.7 Å². The van der Waals surface area contributed by atoms with Crippen LogP contribution >= 0.6 is 0 Å². The van der Waals surface area contributed by atoms with Crippen molar-refractivity contribution >= 4 is 22.7 Å². The first-order valence-electron chi connectivity index (χ1n) is 12.2. The number of ether oxygens (including phenoxy) is 1. The summed E-state index contributed by atoms with van der Waals surface area (Å²) in [4.78, 5) is 28.7. The minimum atomic E-state index is -0.688. The van der Waals surface area contributed by atoms with Crippen molar-refractivity contribution in [1.29, 1.82) is 5.26 Å². The van der Waals surface area contributed by atoms with Crippen molar-refractivity contribution in [1.82, 2.24) is 14.8 Å². The van der Waals surface area contributed by atoms with Crippen molar-refractivity contribution in [2.75, 3.05) is 20.3 Å². The molecule has 2 fully saturated rings. The maximum Gasteiger partial charge on any atom is 0.226 e. The number of rotatable bonds is 6. The fourth-order valence-electron chi connectivity index (χ4n) is 5.72. The molecule has 0 radical (unpaired) electrons. The summed E-state index contributed by atoms with van der Waals surface area (Å²) >= 11 is 0. The highest BCUT2D eigenvalue weighted by molar-refractivity contribution is 5.90. The predicted octanol–water partition coefficient (Wildman–Crippen LogP) is 3.15. The summed E-state index contributed by atoms with van der Waals surface area (Å²) < 4.78 is 7.67. The zero-order chi connectivity index (χ0) is 23.0. The highest BCUT2D eigenvalue weighted by atomic mass is 16.5. The van der Waals surface area contributed by atoms with Gasteiger partial charge in [0.15, 0.2) is 0 Å². The molecule has 7 heteroatoms. The van der Waals surface area contributed by atoms with E-state index in [9.17, 15) is 14.9 Å². The molecule has 2 amide bonds. The summed E-state index contributed by atoms with van der Waals surface area (Å²) in [5.74, 6) is -0.643. The van der Waals surface area contributed by atoms with Crippen LogP contribution in [0.2, 0.25) is 0 Å². The van der Waals surface area contributed by atoms with E-state index in [0.717, 1.165) is 38.6 Å². The molecular formula is C26H32N4O3. The number of hydrogen-bond donors (Lipinski definition) is 1. The highest BCUT2D eigenvalue weighted by Gasteiger charge is 2.47. The lowest BCUT2D eigenvalue weighted by Crippen LogP contribution is -2.48. The van der Waals surface area contributed by atoms with Gasteiger partial charge in [0.25, 0.3) is 0 Å². The van der Waals surface area contributed by atoms with Gasteiger partial charge in [0, 0.05) is 67.2 Å². The molecule has 0 bridgehead atoms. The van der Waals surface area contributed by atoms with Gasteiger partial charge in [0.05, 0.1) is 12.7 Å². The SMILES string of the molecule is COCCn1c2c(c3ccccc31)CN(C(=O)C1CCCCC1C(=O)NC1(C#N)CC1)CC2. The predicted molar refractivity (Wildman–Crippen MR) is 124 cm³/mol. The summed E-state index contributed by atoms with van der Waals surface area (Å²) in [7, 11) is 1.72. The Balaban J connectivity index is 1.37. The van der Waals surface area contributed by atoms with Crippen molar-refractivity contribution < 1.29 is 14.3 Å². The highest BCUT2D eigenvalue weighted by Crippen LogP contribution is 2.38. The summed E-state index contributed by atoms with van der Waals surface area (Å²) in [5, 5.41) is 13.5. The Morgan fingerprint density at radius 1 is 1.21 bits per heavy atom. The number of benzene rings is 1. The largest absolute Gasteiger partial charge is 0.383 e. The van der Waals surface area contributed by atoms with Gasteiger partial charge >= 0.3 is 0 Å². The second-order valence-corrected chi connectivity index (χ2v) is 9.78. The molecule has 2 saturated carbocycles. The van der Waals surface area contributed by atoms with E-state index in [0.29, 0.717) is 32.5 Å². The van der Waals surface area contributed by atoms with E-state index in [1.807, 2.05) is 4.90 Å². The maximum absolute atomic E-state index is 13.7. The third-order valence-electron chi connectivity index (χ3n) is 7.74. The fraction of sp³-hybridized carbons (Fsp3) is 0.577. The molecule has 0 spiro atoms. The lowest BCUT2D eigenvalue weighted by Gasteiger charge is -2.36. The third kappa shape index (κ3) is 4.02. The van der Waals surface area contributed by atoms with E-state index in [2.05, 4.69) is 40.2 Å². The number of carbonyl (C=O) groups is 2. The number of amides is 2. The average molecular weight is 449 g/mol. The summed E-state index contributed by atoms with van der Waals surface area (Å²) in [5.41, 5.74) is 3.01. The second kappa shape index (κ2) is 8.83. The zero-order valence-corrected chi connectivity index (χ0v) is 19.3. The summed E-state index contributed by atoms with van der Waals surface area (Å²) in [6.07, 6.45) is 5.62. The van der Waals surface area contributed by atoms with E-state index in [1.54, 1.807) is 7.11 Å². The number of nitriles is 1. The second-order valence-electron chi connectivity index (χ2n) is 9.78. The van der Waals surface area contributed by atoms with Gasteiger partial charge in [-0.3, -0.25) is 9.59 Å². The topological polar surface area (TPSA) is 87.4 Å². The first kappa shape index (κ1) is 22.0. The van der Waals surface area contributed by atoms with Crippen LogP contribution in [0.4, 0.5) is 0 Å². The van der Waals surface area contributed by atoms with Gasteiger partial charge in [0.1, 0.15) is 5.54 Å². The van der Waals surface area contributed by atoms with Crippen LogP contribution in [-0.2, 0) is 33.8 Å². The van der Waals surface area contributed by atoms with Gasteiger partial charge in [0.2, 0.25) is 11.8 Å². The molecule has 1 aliphatic heterocycles. The van der Waals surface area contributed by atoms with Gasteiger partial charge < -0.3 is 19.5 Å². The van der Waals surface area contributed by atoms with Gasteiger partial charge in [-0.05, 0) is 31.7 Å². The molecule has 1 aromatic carbocycles. The van der Waals surface area contributed by atoms with Crippen molar-refractivity contribution in [3.63, 3.8) is 0 Å². The number of fused-ring (bicyclic) bond motifs is 3. The maximum atomic E-state index is 13.7. The standard InChI is InChI=1S/C26H32N4O3/c1-33-15-14-30-22-9-5-4-6-18(22)21-16-29(13-10-23(21)30)25(32)20-8-3-2-7-19(20)24(31)28-26(17-27)11-12-26/h4-6,9,19-20H,2-3,7-8,10-16H2,1H3,(H,28,31). The van der Waals surface area contributed by atoms with Gasteiger partial charge in [-0.2, -0.15) is 5.26 Å². The molecule has 2 aliphatic carbocycles. The van der Waals surface area contributed by atoms with Gasteiger partial charge in [-0.1, -0.05) is 31.0 Å². The van der Waals surface area contributed by atoms with Gasteiger partial charge in [-0.15, -0.1) is 0 Å². The number of nitrogens with one attached hydrogen (secondary N) is 1. The molecule has 2 atom stereocenters. The molecule has 1 aromatic heterocycles. The number of para-hydroxylation sites is 1. The Bertz CT molecular complexity index is 1110. The van der Waals surface area contributed by atoms with Crippen LogP contribution in [0.3, 0.4) is 0 Å². The number of hydrogen-bond acceptors (Lipinski definition) is 4. The van der Waals surface area contributed by atoms with Crippen LogP contribution in [-0.4, -0.2) is 47.1 Å². The lowest BCUT2D eigenvalue weighted by atomic mass is 9.77. The van der Waals surface area contributed by atoms with E-state index in [4.69, 9.17) is 4.74 Å². The summed E-state index contributed by atoms with van der Waals surface area (Å²) in [6, 6.07) is 10.6. The number of aromatic nitrogens is 1. The van der Waals surface area contributed by atoms with E-state index in [1.165, 1.54) is 22.2 Å². The van der Waals surface area contributed by atoms with Crippen LogP contribution in [0, 0.1) is 23.2 Å². The monoisotopic (exact) mass is 448 g/mol. The molecule has 2 aromatic rings. The van der Waals surface area contributed by atoms with Crippen molar-refractivity contribution in [3.05, 3.63) is 35.5 Å². The molecule has 2 unspecified atom stereocenters. The third-order valence-corrected chi connectivity index (χ3v) is 7.74. The Morgan fingerprint density at radius 3 is 2.70 bits per heavy atom. The molecule has 2 heterocycles. The molecule has 1 N–H and O–H groups in total. The number of carbonyl (C=O) groups excluding carboxylic acids is 2.